The highest BCUT2D eigenvalue weighted by molar-refractivity contribution is 7.99. The second-order valence-electron chi connectivity index (χ2n) is 9.94. The van der Waals surface area contributed by atoms with Gasteiger partial charge in [-0.3, -0.25) is 9.59 Å². The van der Waals surface area contributed by atoms with Crippen molar-refractivity contribution in [1.82, 2.24) is 25.1 Å². The standard InChI is InChI=1S/C30H38N6O3S/c1-20(24-11-10-23(29(37)31-2)16-26(24)39-4)27(40-5)18-32-28-17-25(33-19-34-28)21-6-8-22(9-7-21)30(38)36-14-12-35(3)13-15-36/h6-11,16-17,19-20,27H,12-15,18H2,1-5H3,(H,31,37)(H,32,33,34). The molecule has 0 aliphatic carbocycles. The van der Waals surface area contributed by atoms with E-state index in [1.165, 1.54) is 0 Å². The van der Waals surface area contributed by atoms with Crippen LogP contribution in [0.4, 0.5) is 5.82 Å². The van der Waals surface area contributed by atoms with Crippen LogP contribution in [0.5, 0.6) is 5.75 Å². The van der Waals surface area contributed by atoms with Gasteiger partial charge in [0.05, 0.1) is 12.8 Å². The smallest absolute Gasteiger partial charge is 0.253 e. The summed E-state index contributed by atoms with van der Waals surface area (Å²) in [7, 11) is 5.32. The van der Waals surface area contributed by atoms with Crippen LogP contribution in [-0.4, -0.2) is 97.0 Å². The van der Waals surface area contributed by atoms with Crippen LogP contribution in [0.1, 0.15) is 39.1 Å². The molecule has 3 aromatic rings. The Morgan fingerprint density at radius 3 is 2.38 bits per heavy atom. The SMILES string of the molecule is CNC(=O)c1ccc(C(C)C(CNc2cc(-c3ccc(C(=O)N4CCN(C)CC4)cc3)ncn2)SC)c(OC)c1. The molecule has 1 fully saturated rings. The highest BCUT2D eigenvalue weighted by Gasteiger charge is 2.23. The van der Waals surface area contributed by atoms with Crippen molar-refractivity contribution in [1.29, 1.82) is 0 Å². The first-order valence-corrected chi connectivity index (χ1v) is 14.7. The lowest BCUT2D eigenvalue weighted by Gasteiger charge is -2.32. The van der Waals surface area contributed by atoms with Crippen LogP contribution in [0, 0.1) is 0 Å². The van der Waals surface area contributed by atoms with E-state index < -0.39 is 0 Å². The van der Waals surface area contributed by atoms with Gasteiger partial charge in [-0.05, 0) is 49.1 Å². The number of nitrogens with zero attached hydrogens (tertiary/aromatic N) is 4. The summed E-state index contributed by atoms with van der Waals surface area (Å²) in [5, 5.41) is 6.34. The average molecular weight is 563 g/mol. The predicted octanol–water partition coefficient (Wildman–Crippen LogP) is 3.85. The maximum Gasteiger partial charge on any atom is 0.253 e. The second kappa shape index (κ2) is 13.6. The topological polar surface area (TPSA) is 99.7 Å². The van der Waals surface area contributed by atoms with Crippen LogP contribution in [0.25, 0.3) is 11.3 Å². The molecular formula is C30H38N6O3S. The lowest BCUT2D eigenvalue weighted by molar-refractivity contribution is 0.0664. The van der Waals surface area contributed by atoms with Crippen molar-refractivity contribution in [2.24, 2.45) is 0 Å². The fraction of sp³-hybridized carbons (Fsp3) is 0.400. The van der Waals surface area contributed by atoms with E-state index >= 15 is 0 Å². The van der Waals surface area contributed by atoms with Crippen molar-refractivity contribution in [3.8, 4) is 17.0 Å². The Morgan fingerprint density at radius 2 is 1.73 bits per heavy atom. The zero-order valence-corrected chi connectivity index (χ0v) is 24.6. The summed E-state index contributed by atoms with van der Waals surface area (Å²) < 4.78 is 5.63. The zero-order valence-electron chi connectivity index (χ0n) is 23.8. The van der Waals surface area contributed by atoms with E-state index in [1.807, 2.05) is 47.4 Å². The number of carbonyl (C=O) groups excluding carboxylic acids is 2. The number of methoxy groups -OCH3 is 1. The normalized spacial score (nSPS) is 15.3. The molecule has 0 saturated carbocycles. The minimum Gasteiger partial charge on any atom is -0.496 e. The highest BCUT2D eigenvalue weighted by Crippen LogP contribution is 2.34. The molecule has 1 saturated heterocycles. The Hall–Kier alpha value is -3.63. The first kappa shape index (κ1) is 29.4. The van der Waals surface area contributed by atoms with Gasteiger partial charge in [-0.2, -0.15) is 11.8 Å². The van der Waals surface area contributed by atoms with E-state index in [0.717, 1.165) is 48.8 Å². The Kier molecular flexibility index (Phi) is 10.0. The third-order valence-corrected chi connectivity index (χ3v) is 8.62. The van der Waals surface area contributed by atoms with Gasteiger partial charge in [0, 0.05) is 67.8 Å². The summed E-state index contributed by atoms with van der Waals surface area (Å²) in [6.45, 7) is 6.14. The number of carbonyl (C=O) groups is 2. The molecule has 1 aromatic heterocycles. The first-order chi connectivity index (χ1) is 19.3. The lowest BCUT2D eigenvalue weighted by atomic mass is 9.95. The molecule has 40 heavy (non-hydrogen) atoms. The Bertz CT molecular complexity index is 1310. The Balaban J connectivity index is 1.41. The van der Waals surface area contributed by atoms with Gasteiger partial charge in [0.25, 0.3) is 11.8 Å². The fourth-order valence-corrected chi connectivity index (χ4v) is 5.63. The molecule has 2 unspecified atom stereocenters. The number of hydrogen-bond donors (Lipinski definition) is 2. The number of piperazine rings is 1. The van der Waals surface area contributed by atoms with Gasteiger partial charge in [-0.15, -0.1) is 0 Å². The molecule has 2 heterocycles. The van der Waals surface area contributed by atoms with Crippen molar-refractivity contribution in [3.63, 3.8) is 0 Å². The van der Waals surface area contributed by atoms with E-state index in [9.17, 15) is 9.59 Å². The number of ether oxygens (including phenoxy) is 1. The van der Waals surface area contributed by atoms with E-state index in [1.54, 1.807) is 38.3 Å². The molecule has 2 aromatic carbocycles. The number of aromatic nitrogens is 2. The van der Waals surface area contributed by atoms with Crippen LogP contribution < -0.4 is 15.4 Å². The maximum absolute atomic E-state index is 12.9. The number of likely N-dealkylation sites (N-methyl/N-ethyl adjacent to an activating group) is 1. The molecule has 2 amide bonds. The van der Waals surface area contributed by atoms with Gasteiger partial charge in [0.1, 0.15) is 17.9 Å². The van der Waals surface area contributed by atoms with Crippen LogP contribution in [0.3, 0.4) is 0 Å². The molecule has 0 bridgehead atoms. The molecule has 212 valence electrons. The summed E-state index contributed by atoms with van der Waals surface area (Å²) in [6, 6.07) is 15.2. The van der Waals surface area contributed by atoms with Crippen LogP contribution in [0.15, 0.2) is 54.9 Å². The Labute approximate surface area is 240 Å². The molecule has 2 atom stereocenters. The zero-order chi connectivity index (χ0) is 28.6. The molecule has 0 radical (unpaired) electrons. The second-order valence-corrected chi connectivity index (χ2v) is 11.0. The molecule has 2 N–H and O–H groups in total. The number of rotatable bonds is 10. The van der Waals surface area contributed by atoms with Gasteiger partial charge in [0.2, 0.25) is 0 Å². The fourth-order valence-electron chi connectivity index (χ4n) is 4.83. The number of thioether (sulfide) groups is 1. The molecule has 1 aliphatic rings. The minimum atomic E-state index is -0.142. The van der Waals surface area contributed by atoms with Crippen molar-refractivity contribution < 1.29 is 14.3 Å². The predicted molar refractivity (Wildman–Crippen MR) is 161 cm³/mol. The van der Waals surface area contributed by atoms with E-state index in [2.05, 4.69) is 45.7 Å². The van der Waals surface area contributed by atoms with Crippen LogP contribution in [-0.2, 0) is 0 Å². The summed E-state index contributed by atoms with van der Waals surface area (Å²) in [4.78, 5) is 38.0. The monoisotopic (exact) mass is 562 g/mol. The molecular weight excluding hydrogens is 524 g/mol. The number of hydrogen-bond acceptors (Lipinski definition) is 8. The van der Waals surface area contributed by atoms with Crippen LogP contribution in [0.2, 0.25) is 0 Å². The van der Waals surface area contributed by atoms with E-state index in [4.69, 9.17) is 4.74 Å². The van der Waals surface area contributed by atoms with Gasteiger partial charge >= 0.3 is 0 Å². The molecule has 0 spiro atoms. The average Bonchev–Trinajstić information content (AvgIpc) is 3.00. The highest BCUT2D eigenvalue weighted by atomic mass is 32.2. The van der Waals surface area contributed by atoms with Crippen LogP contribution >= 0.6 is 11.8 Å². The largest absolute Gasteiger partial charge is 0.496 e. The summed E-state index contributed by atoms with van der Waals surface area (Å²) >= 11 is 1.76. The molecule has 9 nitrogen and oxygen atoms in total. The third-order valence-electron chi connectivity index (χ3n) is 7.44. The quantitative estimate of drug-likeness (QED) is 0.385. The summed E-state index contributed by atoms with van der Waals surface area (Å²) in [5.74, 6) is 1.52. The van der Waals surface area contributed by atoms with E-state index in [0.29, 0.717) is 23.4 Å². The third kappa shape index (κ3) is 6.92. The first-order valence-electron chi connectivity index (χ1n) is 13.4. The maximum atomic E-state index is 12.9. The molecule has 10 heteroatoms. The number of amides is 2. The lowest BCUT2D eigenvalue weighted by Crippen LogP contribution is -2.47. The van der Waals surface area contributed by atoms with Crippen molar-refractivity contribution in [2.75, 3.05) is 65.5 Å². The van der Waals surface area contributed by atoms with E-state index in [-0.39, 0.29) is 23.0 Å². The molecule has 4 rings (SSSR count). The van der Waals surface area contributed by atoms with Crippen molar-refractivity contribution in [2.45, 2.75) is 18.1 Å². The molecule has 1 aliphatic heterocycles. The number of anilines is 1. The number of nitrogens with one attached hydrogen (secondary N) is 2. The van der Waals surface area contributed by atoms with Gasteiger partial charge in [0.15, 0.2) is 0 Å². The summed E-state index contributed by atoms with van der Waals surface area (Å²) in [6.07, 6.45) is 3.64. The van der Waals surface area contributed by atoms with Gasteiger partial charge < -0.3 is 25.2 Å². The van der Waals surface area contributed by atoms with Crippen molar-refractivity contribution >= 4 is 29.4 Å². The van der Waals surface area contributed by atoms with Gasteiger partial charge in [-0.25, -0.2) is 9.97 Å². The van der Waals surface area contributed by atoms with Gasteiger partial charge in [-0.1, -0.05) is 25.1 Å². The summed E-state index contributed by atoms with van der Waals surface area (Å²) in [5.41, 5.74) is 4.02. The number of benzene rings is 2. The van der Waals surface area contributed by atoms with Crippen molar-refractivity contribution in [3.05, 3.63) is 71.5 Å². The minimum absolute atomic E-state index is 0.0711. The Morgan fingerprint density at radius 1 is 1.02 bits per heavy atom.